The van der Waals surface area contributed by atoms with Crippen LogP contribution in [0.1, 0.15) is 24.0 Å². The number of aryl methyl sites for hydroxylation is 2. The molecule has 0 saturated carbocycles. The highest BCUT2D eigenvalue weighted by Gasteiger charge is 2.37. The largest absolute Gasteiger partial charge is 0.493 e. The molecule has 6 heteroatoms. The monoisotopic (exact) mass is 332 g/mol. The molecule has 0 N–H and O–H groups in total. The molecule has 0 aliphatic carbocycles. The highest BCUT2D eigenvalue weighted by molar-refractivity contribution is 8.13. The lowest BCUT2D eigenvalue weighted by Crippen LogP contribution is -2.40. The van der Waals surface area contributed by atoms with Gasteiger partial charge in [-0.25, -0.2) is 8.42 Å². The Bertz CT molecular complexity index is 571. The van der Waals surface area contributed by atoms with E-state index in [0.29, 0.717) is 32.7 Å². The van der Waals surface area contributed by atoms with Gasteiger partial charge in [-0.05, 0) is 49.9 Å². The molecule has 0 atom stereocenters. The standard InChI is InChI=1S/C15H21ClO4S/c1-12-7-13(2)9-14(8-12)20-10-15(11-21(16,17)18)3-5-19-6-4-15/h7-9H,3-6,10-11H2,1-2H3. The zero-order valence-corrected chi connectivity index (χ0v) is 14.0. The van der Waals surface area contributed by atoms with E-state index in [1.54, 1.807) is 0 Å². The average molecular weight is 333 g/mol. The first-order valence-corrected chi connectivity index (χ1v) is 9.47. The minimum atomic E-state index is -3.57. The molecular formula is C15H21ClO4S. The van der Waals surface area contributed by atoms with E-state index in [2.05, 4.69) is 6.07 Å². The quantitative estimate of drug-likeness (QED) is 0.778. The van der Waals surface area contributed by atoms with Gasteiger partial charge in [0, 0.05) is 29.3 Å². The second-order valence-corrected chi connectivity index (χ2v) is 8.68. The van der Waals surface area contributed by atoms with E-state index >= 15 is 0 Å². The van der Waals surface area contributed by atoms with E-state index in [1.807, 2.05) is 26.0 Å². The predicted molar refractivity (Wildman–Crippen MR) is 83.5 cm³/mol. The fourth-order valence-electron chi connectivity index (χ4n) is 2.75. The molecule has 0 amide bonds. The van der Waals surface area contributed by atoms with Gasteiger partial charge in [-0.3, -0.25) is 0 Å². The van der Waals surface area contributed by atoms with E-state index in [1.165, 1.54) is 0 Å². The summed E-state index contributed by atoms with van der Waals surface area (Å²) in [7, 11) is 1.90. The molecule has 0 unspecified atom stereocenters. The fraction of sp³-hybridized carbons (Fsp3) is 0.600. The van der Waals surface area contributed by atoms with Crippen LogP contribution in [-0.4, -0.2) is 34.0 Å². The smallest absolute Gasteiger partial charge is 0.233 e. The Morgan fingerprint density at radius 1 is 1.19 bits per heavy atom. The van der Waals surface area contributed by atoms with Crippen molar-refractivity contribution in [2.45, 2.75) is 26.7 Å². The van der Waals surface area contributed by atoms with Crippen LogP contribution in [0.15, 0.2) is 18.2 Å². The molecule has 0 spiro atoms. The first-order valence-electron chi connectivity index (χ1n) is 6.99. The molecule has 1 fully saturated rings. The summed E-state index contributed by atoms with van der Waals surface area (Å²) in [5.41, 5.74) is 1.78. The SMILES string of the molecule is Cc1cc(C)cc(OCC2(CS(=O)(=O)Cl)CCOCC2)c1. The third-order valence-corrected chi connectivity index (χ3v) is 5.06. The van der Waals surface area contributed by atoms with Gasteiger partial charge in [0.25, 0.3) is 0 Å². The molecular weight excluding hydrogens is 312 g/mol. The molecule has 1 aliphatic rings. The normalized spacial score (nSPS) is 18.4. The van der Waals surface area contributed by atoms with Crippen molar-refractivity contribution in [3.05, 3.63) is 29.3 Å². The molecule has 0 radical (unpaired) electrons. The Kier molecular flexibility index (Phi) is 5.17. The minimum absolute atomic E-state index is 0.0737. The van der Waals surface area contributed by atoms with Gasteiger partial charge in [0.15, 0.2) is 0 Å². The van der Waals surface area contributed by atoms with Crippen LogP contribution in [0.4, 0.5) is 0 Å². The van der Waals surface area contributed by atoms with Crippen molar-refractivity contribution in [2.75, 3.05) is 25.6 Å². The van der Waals surface area contributed by atoms with Crippen molar-refractivity contribution in [1.29, 1.82) is 0 Å². The average Bonchev–Trinajstić information content (AvgIpc) is 2.34. The zero-order valence-electron chi connectivity index (χ0n) is 12.4. The minimum Gasteiger partial charge on any atom is -0.493 e. The fourth-order valence-corrected chi connectivity index (χ4v) is 4.55. The second kappa shape index (κ2) is 6.55. The molecule has 1 aliphatic heterocycles. The predicted octanol–water partition coefficient (Wildman–Crippen LogP) is 3.05. The van der Waals surface area contributed by atoms with Gasteiger partial charge >= 0.3 is 0 Å². The van der Waals surface area contributed by atoms with Crippen LogP contribution in [0.2, 0.25) is 0 Å². The lowest BCUT2D eigenvalue weighted by atomic mass is 9.83. The number of halogens is 1. The number of hydrogen-bond donors (Lipinski definition) is 0. The van der Waals surface area contributed by atoms with Crippen LogP contribution in [-0.2, 0) is 13.8 Å². The molecule has 21 heavy (non-hydrogen) atoms. The number of benzene rings is 1. The molecule has 1 aromatic rings. The summed E-state index contributed by atoms with van der Waals surface area (Å²) in [5, 5.41) is 0. The van der Waals surface area contributed by atoms with Gasteiger partial charge in [-0.1, -0.05) is 6.07 Å². The van der Waals surface area contributed by atoms with Gasteiger partial charge < -0.3 is 9.47 Å². The van der Waals surface area contributed by atoms with Crippen LogP contribution < -0.4 is 4.74 Å². The summed E-state index contributed by atoms with van der Waals surface area (Å²) in [4.78, 5) is 0. The molecule has 1 heterocycles. The van der Waals surface area contributed by atoms with Gasteiger partial charge in [-0.2, -0.15) is 0 Å². The summed E-state index contributed by atoms with van der Waals surface area (Å²) < 4.78 is 34.2. The van der Waals surface area contributed by atoms with Crippen molar-refractivity contribution < 1.29 is 17.9 Å². The van der Waals surface area contributed by atoms with Crippen LogP contribution in [0, 0.1) is 19.3 Å². The van der Waals surface area contributed by atoms with E-state index in [9.17, 15) is 8.42 Å². The molecule has 0 aromatic heterocycles. The highest BCUT2D eigenvalue weighted by atomic mass is 35.7. The lowest BCUT2D eigenvalue weighted by molar-refractivity contribution is 0.00226. The van der Waals surface area contributed by atoms with Crippen molar-refractivity contribution in [1.82, 2.24) is 0 Å². The maximum absolute atomic E-state index is 11.5. The van der Waals surface area contributed by atoms with Crippen LogP contribution >= 0.6 is 10.7 Å². The van der Waals surface area contributed by atoms with Gasteiger partial charge in [0.2, 0.25) is 9.05 Å². The van der Waals surface area contributed by atoms with Gasteiger partial charge in [-0.15, -0.1) is 0 Å². The second-order valence-electron chi connectivity index (χ2n) is 5.91. The third-order valence-electron chi connectivity index (χ3n) is 3.77. The number of ether oxygens (including phenoxy) is 2. The number of rotatable bonds is 5. The topological polar surface area (TPSA) is 52.6 Å². The Morgan fingerprint density at radius 3 is 2.29 bits per heavy atom. The summed E-state index contributed by atoms with van der Waals surface area (Å²) in [6.45, 7) is 5.44. The molecule has 1 aromatic carbocycles. The van der Waals surface area contributed by atoms with E-state index in [-0.39, 0.29) is 5.75 Å². The summed E-state index contributed by atoms with van der Waals surface area (Å²) in [6, 6.07) is 5.98. The van der Waals surface area contributed by atoms with Crippen LogP contribution in [0.25, 0.3) is 0 Å². The first-order chi connectivity index (χ1) is 9.78. The molecule has 4 nitrogen and oxygen atoms in total. The van der Waals surface area contributed by atoms with Crippen molar-refractivity contribution >= 4 is 19.7 Å². The van der Waals surface area contributed by atoms with Crippen LogP contribution in [0.5, 0.6) is 5.75 Å². The van der Waals surface area contributed by atoms with Crippen molar-refractivity contribution in [3.8, 4) is 5.75 Å². The maximum atomic E-state index is 11.5. The summed E-state index contributed by atoms with van der Waals surface area (Å²) >= 11 is 0. The summed E-state index contributed by atoms with van der Waals surface area (Å²) in [6.07, 6.45) is 1.29. The summed E-state index contributed by atoms with van der Waals surface area (Å²) in [5.74, 6) is 0.695. The Labute approximate surface area is 130 Å². The van der Waals surface area contributed by atoms with Gasteiger partial charge in [0.05, 0.1) is 12.4 Å². The molecule has 118 valence electrons. The third kappa shape index (κ3) is 5.16. The Morgan fingerprint density at radius 2 is 1.76 bits per heavy atom. The first kappa shape index (κ1) is 16.6. The molecule has 2 rings (SSSR count). The van der Waals surface area contributed by atoms with Crippen molar-refractivity contribution in [3.63, 3.8) is 0 Å². The molecule has 1 saturated heterocycles. The molecule has 0 bridgehead atoms. The van der Waals surface area contributed by atoms with E-state index < -0.39 is 14.5 Å². The van der Waals surface area contributed by atoms with Gasteiger partial charge in [0.1, 0.15) is 5.75 Å². The Hall–Kier alpha value is -0.780. The van der Waals surface area contributed by atoms with E-state index in [4.69, 9.17) is 20.2 Å². The Balaban J connectivity index is 2.11. The lowest BCUT2D eigenvalue weighted by Gasteiger charge is -2.35. The van der Waals surface area contributed by atoms with E-state index in [0.717, 1.165) is 16.9 Å². The van der Waals surface area contributed by atoms with Crippen LogP contribution in [0.3, 0.4) is 0 Å². The highest BCUT2D eigenvalue weighted by Crippen LogP contribution is 2.34. The maximum Gasteiger partial charge on any atom is 0.233 e. The van der Waals surface area contributed by atoms with Crippen molar-refractivity contribution in [2.24, 2.45) is 5.41 Å². The zero-order chi connectivity index (χ0) is 15.5. The number of hydrogen-bond acceptors (Lipinski definition) is 4.